The molecule has 0 saturated heterocycles. The minimum Gasteiger partial charge on any atom is -0.382 e. The molecule has 0 aliphatic heterocycles. The van der Waals surface area contributed by atoms with Crippen molar-refractivity contribution in [1.29, 1.82) is 0 Å². The third-order valence-corrected chi connectivity index (χ3v) is 6.10. The topological polar surface area (TPSA) is 130 Å². The van der Waals surface area contributed by atoms with E-state index in [2.05, 4.69) is 21.6 Å². The minimum atomic E-state index is -2.83. The van der Waals surface area contributed by atoms with Crippen LogP contribution in [-0.4, -0.2) is 52.3 Å². The van der Waals surface area contributed by atoms with Gasteiger partial charge in [-0.2, -0.15) is 10.6 Å². The van der Waals surface area contributed by atoms with E-state index in [1.807, 2.05) is 0 Å². The van der Waals surface area contributed by atoms with Crippen LogP contribution in [0.1, 0.15) is 19.4 Å². The fourth-order valence-electron chi connectivity index (χ4n) is 2.11. The molecule has 0 unspecified atom stereocenters. The Labute approximate surface area is 162 Å². The molecular weight excluding hydrogens is 362 g/mol. The summed E-state index contributed by atoms with van der Waals surface area (Å²) < 4.78 is 20.5. The summed E-state index contributed by atoms with van der Waals surface area (Å²) in [5.41, 5.74) is 13.6. The van der Waals surface area contributed by atoms with Gasteiger partial charge in [-0.1, -0.05) is 24.8 Å². The lowest BCUT2D eigenvalue weighted by atomic mass is 10.1. The van der Waals surface area contributed by atoms with Crippen LogP contribution in [0.2, 0.25) is 0 Å². The summed E-state index contributed by atoms with van der Waals surface area (Å²) in [6.07, 6.45) is 3.47. The Morgan fingerprint density at radius 1 is 1.19 bits per heavy atom. The Bertz CT molecular complexity index is 778. The van der Waals surface area contributed by atoms with Gasteiger partial charge in [0.25, 0.3) is 0 Å². The van der Waals surface area contributed by atoms with Crippen molar-refractivity contribution in [2.45, 2.75) is 24.0 Å². The third-order valence-electron chi connectivity index (χ3n) is 3.82. The summed E-state index contributed by atoms with van der Waals surface area (Å²) in [4.78, 5) is 13.2. The van der Waals surface area contributed by atoms with Crippen molar-refractivity contribution in [2.75, 3.05) is 20.6 Å². The molecule has 0 aliphatic rings. The zero-order valence-corrected chi connectivity index (χ0v) is 17.1. The average molecular weight is 392 g/mol. The molecule has 8 heteroatoms. The number of benzene rings is 1. The Balaban J connectivity index is 3.26. The van der Waals surface area contributed by atoms with Crippen molar-refractivity contribution in [2.24, 2.45) is 26.4 Å². The highest BCUT2D eigenvalue weighted by molar-refractivity contribution is 8.24. The summed E-state index contributed by atoms with van der Waals surface area (Å²) >= 11 is 0. The summed E-state index contributed by atoms with van der Waals surface area (Å²) in [5, 5.41) is -0.269. The van der Waals surface area contributed by atoms with Crippen LogP contribution in [0.3, 0.4) is 0 Å². The Morgan fingerprint density at radius 3 is 2.22 bits per heavy atom. The van der Waals surface area contributed by atoms with E-state index >= 15 is 0 Å². The van der Waals surface area contributed by atoms with Gasteiger partial charge in [-0.05, 0) is 37.6 Å². The number of amidine groups is 1. The molecule has 1 aromatic rings. The first-order valence-electron chi connectivity index (χ1n) is 8.40. The number of rotatable bonds is 8. The summed E-state index contributed by atoms with van der Waals surface area (Å²) in [7, 11) is 0.364. The number of hydrogen-bond acceptors (Lipinski definition) is 6. The van der Waals surface area contributed by atoms with Crippen LogP contribution >= 0.6 is 10.6 Å². The second-order valence-corrected chi connectivity index (χ2v) is 8.53. The maximum Gasteiger partial charge on any atom is 0.146 e. The quantitative estimate of drug-likeness (QED) is 0.400. The fraction of sp³-hybridized carbons (Fsp3) is 0.316. The number of nitrogens with two attached hydrogens (primary N) is 2. The molecule has 0 aromatic heterocycles. The summed E-state index contributed by atoms with van der Waals surface area (Å²) in [5.74, 6) is 0.226. The highest BCUT2D eigenvalue weighted by Crippen LogP contribution is 2.52. The maximum absolute atomic E-state index is 10.3. The van der Waals surface area contributed by atoms with Gasteiger partial charge < -0.3 is 11.5 Å². The van der Waals surface area contributed by atoms with Gasteiger partial charge >= 0.3 is 0 Å². The first-order valence-corrected chi connectivity index (χ1v) is 10.0. The lowest BCUT2D eigenvalue weighted by molar-refractivity contribution is 0.476. The molecule has 1 rings (SSSR count). The minimum absolute atomic E-state index is 0.226. The predicted molar refractivity (Wildman–Crippen MR) is 118 cm³/mol. The normalized spacial score (nSPS) is 14.9. The molecule has 0 radical (unpaired) electrons. The van der Waals surface area contributed by atoms with Crippen LogP contribution in [0.25, 0.3) is 5.70 Å². The van der Waals surface area contributed by atoms with Crippen molar-refractivity contribution in [3.8, 4) is 0 Å². The van der Waals surface area contributed by atoms with E-state index in [0.717, 1.165) is 5.56 Å². The Hall–Kier alpha value is -2.26. The van der Waals surface area contributed by atoms with Crippen LogP contribution < -0.4 is 11.5 Å². The summed E-state index contributed by atoms with van der Waals surface area (Å²) in [6, 6.07) is 6.83. The molecular formula is C19H29N5O2S. The van der Waals surface area contributed by atoms with Gasteiger partial charge in [0.05, 0.1) is 16.3 Å². The van der Waals surface area contributed by atoms with Crippen molar-refractivity contribution in [1.82, 2.24) is 0 Å². The molecule has 0 bridgehead atoms. The van der Waals surface area contributed by atoms with E-state index in [4.69, 9.17) is 11.5 Å². The van der Waals surface area contributed by atoms with Crippen LogP contribution in [0.15, 0.2) is 62.9 Å². The lowest BCUT2D eigenvalue weighted by Crippen LogP contribution is -2.30. The molecule has 7 nitrogen and oxygen atoms in total. The molecule has 0 fully saturated rings. The standard InChI is InChI=1S/C19H29N5O2S/c1-13(2)27(25,26)16-10-8-15(9-11-16)14(3)24-18(19(21)23-5)17(22-4)7-6-12-20/h6-11,13,25-26H,3,12,20H2,1-2,4-5H3,(H2,21,23)/b7-6-,22-17?,24-18?. The maximum atomic E-state index is 10.3. The number of hydrogen-bond donors (Lipinski definition) is 4. The second kappa shape index (κ2) is 10.2. The number of allylic oxidation sites excluding steroid dienone is 1. The van der Waals surface area contributed by atoms with Crippen molar-refractivity contribution in [3.05, 3.63) is 48.6 Å². The van der Waals surface area contributed by atoms with Gasteiger partial charge in [-0.3, -0.25) is 19.1 Å². The first kappa shape index (κ1) is 22.8. The zero-order valence-electron chi connectivity index (χ0n) is 16.3. The van der Waals surface area contributed by atoms with E-state index in [1.165, 1.54) is 0 Å². The zero-order chi connectivity index (χ0) is 20.6. The Kier molecular flexibility index (Phi) is 8.58. The molecule has 6 N–H and O–H groups in total. The molecule has 0 aliphatic carbocycles. The molecule has 0 heterocycles. The van der Waals surface area contributed by atoms with Crippen molar-refractivity contribution >= 4 is 33.5 Å². The fourth-order valence-corrected chi connectivity index (χ4v) is 3.19. The number of aliphatic imine (C=N–C) groups is 3. The van der Waals surface area contributed by atoms with Gasteiger partial charge in [-0.15, -0.1) is 0 Å². The van der Waals surface area contributed by atoms with Crippen molar-refractivity contribution in [3.63, 3.8) is 0 Å². The van der Waals surface area contributed by atoms with E-state index in [0.29, 0.717) is 28.6 Å². The molecule has 1 aromatic carbocycles. The molecule has 0 atom stereocenters. The molecule has 27 heavy (non-hydrogen) atoms. The second-order valence-electron chi connectivity index (χ2n) is 5.93. The van der Waals surface area contributed by atoms with Gasteiger partial charge in [0.15, 0.2) is 0 Å². The third kappa shape index (κ3) is 5.86. The molecule has 0 saturated carbocycles. The summed E-state index contributed by atoms with van der Waals surface area (Å²) in [6.45, 7) is 7.89. The number of nitrogens with zero attached hydrogens (tertiary/aromatic N) is 3. The highest BCUT2D eigenvalue weighted by Gasteiger charge is 2.20. The van der Waals surface area contributed by atoms with Crippen molar-refractivity contribution < 1.29 is 9.11 Å². The van der Waals surface area contributed by atoms with Gasteiger partial charge in [0.1, 0.15) is 11.5 Å². The van der Waals surface area contributed by atoms with Crippen LogP contribution in [0, 0.1) is 0 Å². The average Bonchev–Trinajstić information content (AvgIpc) is 2.66. The van der Waals surface area contributed by atoms with E-state index in [9.17, 15) is 9.11 Å². The largest absolute Gasteiger partial charge is 0.382 e. The smallest absolute Gasteiger partial charge is 0.146 e. The van der Waals surface area contributed by atoms with E-state index in [1.54, 1.807) is 64.4 Å². The highest BCUT2D eigenvalue weighted by atomic mass is 32.3. The van der Waals surface area contributed by atoms with Gasteiger partial charge in [-0.25, -0.2) is 4.99 Å². The molecule has 0 spiro atoms. The van der Waals surface area contributed by atoms with Crippen LogP contribution in [0.4, 0.5) is 0 Å². The lowest BCUT2D eigenvalue weighted by Gasteiger charge is -2.36. The van der Waals surface area contributed by atoms with E-state index in [-0.39, 0.29) is 11.1 Å². The van der Waals surface area contributed by atoms with Crippen LogP contribution in [-0.2, 0) is 0 Å². The molecule has 0 amide bonds. The van der Waals surface area contributed by atoms with Gasteiger partial charge in [0.2, 0.25) is 0 Å². The first-order chi connectivity index (χ1) is 12.7. The predicted octanol–water partition coefficient (Wildman–Crippen LogP) is 3.19. The van der Waals surface area contributed by atoms with Crippen LogP contribution in [0.5, 0.6) is 0 Å². The SMILES string of the molecule is C=C(N=C(C(N)=NC)C(/C=C\CN)=NC)c1ccc(S(O)(O)C(C)C)cc1. The van der Waals surface area contributed by atoms with E-state index < -0.39 is 10.6 Å². The molecule has 148 valence electrons. The van der Waals surface area contributed by atoms with Gasteiger partial charge in [0, 0.05) is 25.9 Å². The Morgan fingerprint density at radius 2 is 1.78 bits per heavy atom. The monoisotopic (exact) mass is 391 g/mol.